The Morgan fingerprint density at radius 3 is 1.56 bits per heavy atom. The minimum atomic E-state index is -1.54. The molecule has 1 heterocycles. The van der Waals surface area contributed by atoms with E-state index in [0.717, 1.165) is 109 Å². The van der Waals surface area contributed by atoms with E-state index < -0.39 is 10.8 Å². The lowest BCUT2D eigenvalue weighted by atomic mass is 9.93. The average molecular weight is 716 g/mol. The fourth-order valence-corrected chi connectivity index (χ4v) is 8.71. The van der Waals surface area contributed by atoms with Gasteiger partial charge in [-0.05, 0) is 77.3 Å². The average Bonchev–Trinajstić information content (AvgIpc) is 3.56. The summed E-state index contributed by atoms with van der Waals surface area (Å²) in [7, 11) is -1.54. The van der Waals surface area contributed by atoms with Gasteiger partial charge in [0.15, 0.2) is 0 Å². The summed E-state index contributed by atoms with van der Waals surface area (Å²) in [4.78, 5) is 5.30. The first kappa shape index (κ1) is 35.8. The van der Waals surface area contributed by atoms with E-state index in [0.29, 0.717) is 57.1 Å². The number of pyridine rings is 1. The Labute approximate surface area is 311 Å². The lowest BCUT2D eigenvalue weighted by molar-refractivity contribution is 0.305. The van der Waals surface area contributed by atoms with Crippen LogP contribution in [0, 0.1) is 0 Å². The monoisotopic (exact) mass is 715 g/mol. The van der Waals surface area contributed by atoms with Gasteiger partial charge in [0.05, 0.1) is 31.3 Å². The molecule has 0 amide bonds. The lowest BCUT2D eigenvalue weighted by Crippen LogP contribution is -2.09. The lowest BCUT2D eigenvalue weighted by Gasteiger charge is -2.22. The quantitative estimate of drug-likeness (QED) is 0.112. The second-order valence-electron chi connectivity index (χ2n) is 13.6. The first-order valence-electron chi connectivity index (χ1n) is 18.9. The van der Waals surface area contributed by atoms with E-state index >= 15 is 0 Å². The minimum Gasteiger partial charge on any atom is -0.493 e. The molecule has 7 heteroatoms. The molecule has 0 fully saturated rings. The van der Waals surface area contributed by atoms with E-state index in [1.165, 1.54) is 0 Å². The van der Waals surface area contributed by atoms with E-state index in [4.69, 9.17) is 18.9 Å². The zero-order valence-electron chi connectivity index (χ0n) is 30.9. The van der Waals surface area contributed by atoms with Gasteiger partial charge in [-0.3, -0.25) is 0 Å². The van der Waals surface area contributed by atoms with Crippen molar-refractivity contribution in [2.24, 2.45) is 0 Å². The summed E-state index contributed by atoms with van der Waals surface area (Å²) in [6.07, 6.45) is 7.80. The van der Waals surface area contributed by atoms with Crippen molar-refractivity contribution in [3.63, 3.8) is 0 Å². The highest BCUT2D eigenvalue weighted by Crippen LogP contribution is 2.51. The van der Waals surface area contributed by atoms with Crippen molar-refractivity contribution >= 4 is 10.8 Å². The zero-order chi connectivity index (χ0) is 36.0. The first-order valence-corrected chi connectivity index (χ1v) is 20.1. The van der Waals surface area contributed by atoms with Gasteiger partial charge in [-0.2, -0.15) is 0 Å². The number of fused-ring (bicyclic) bond motifs is 7. The molecule has 2 aliphatic rings. The Morgan fingerprint density at radius 1 is 0.538 bits per heavy atom. The largest absolute Gasteiger partial charge is 0.493 e. The number of para-hydroxylation sites is 2. The molecule has 8 bridgehead atoms. The molecule has 1 aromatic heterocycles. The standard InChI is InChI=1S/C45H49NO5S/c1-5-21-48-42-30-13-11-15-32(42)26-34-18-19-36-37(44(34)50-23-7-3)29-38-41(36)39(52(47)40-17-9-10-20-46-40)28-35(45(38)51-24-8-4)27-33-16-12-14-31(25-30)43(33)49-22-6-2/h9-20,28H,5-8,21-27,29H2,1-4H3/t52-/m1/s1. The third-order valence-electron chi connectivity index (χ3n) is 9.71. The van der Waals surface area contributed by atoms with Gasteiger partial charge < -0.3 is 18.9 Å². The van der Waals surface area contributed by atoms with E-state index in [1.54, 1.807) is 6.20 Å². The number of hydrogen-bond donors (Lipinski definition) is 0. The van der Waals surface area contributed by atoms with Crippen LogP contribution in [0.1, 0.15) is 97.9 Å². The van der Waals surface area contributed by atoms with Crippen molar-refractivity contribution in [3.05, 3.63) is 124 Å². The van der Waals surface area contributed by atoms with Gasteiger partial charge >= 0.3 is 0 Å². The molecule has 4 aromatic carbocycles. The van der Waals surface area contributed by atoms with Crippen molar-refractivity contribution in [1.82, 2.24) is 4.98 Å². The molecule has 0 saturated carbocycles. The Hall–Kier alpha value is -4.62. The highest BCUT2D eigenvalue weighted by Gasteiger charge is 2.34. The Kier molecular flexibility index (Phi) is 11.3. The van der Waals surface area contributed by atoms with Crippen LogP contribution in [-0.2, 0) is 36.5 Å². The number of benzene rings is 4. The van der Waals surface area contributed by atoms with Crippen LogP contribution in [0.5, 0.6) is 23.0 Å². The number of ether oxygens (including phenoxy) is 4. The summed E-state index contributed by atoms with van der Waals surface area (Å²) in [5.74, 6) is 3.63. The molecule has 0 aliphatic heterocycles. The number of hydrogen-bond acceptors (Lipinski definition) is 6. The summed E-state index contributed by atoms with van der Waals surface area (Å²) < 4.78 is 41.3. The molecule has 0 saturated heterocycles. The maximum absolute atomic E-state index is 14.7. The molecule has 2 aliphatic carbocycles. The smallest absolute Gasteiger partial charge is 0.132 e. The van der Waals surface area contributed by atoms with E-state index in [2.05, 4.69) is 87.3 Å². The fourth-order valence-electron chi connectivity index (χ4n) is 7.46. The van der Waals surface area contributed by atoms with E-state index in [9.17, 15) is 4.21 Å². The topological polar surface area (TPSA) is 66.9 Å². The SMILES string of the molecule is CCCOc1c2cccc1Cc1ccc3c(c1OCCC)Cc1c(OCCC)c(cc([S@@](=O)c4ccccn4)c1-3)Cc1cccc(c1OCCC)C2. The van der Waals surface area contributed by atoms with Crippen LogP contribution in [0.25, 0.3) is 11.1 Å². The zero-order valence-corrected chi connectivity index (χ0v) is 31.7. The van der Waals surface area contributed by atoms with E-state index in [-0.39, 0.29) is 0 Å². The third kappa shape index (κ3) is 7.08. The molecule has 52 heavy (non-hydrogen) atoms. The fraction of sp³-hybridized carbons (Fsp3) is 0.356. The van der Waals surface area contributed by atoms with Crippen LogP contribution in [0.4, 0.5) is 0 Å². The van der Waals surface area contributed by atoms with Crippen LogP contribution in [-0.4, -0.2) is 35.6 Å². The van der Waals surface area contributed by atoms with Crippen molar-refractivity contribution in [2.45, 2.75) is 89.0 Å². The van der Waals surface area contributed by atoms with Crippen LogP contribution < -0.4 is 18.9 Å². The van der Waals surface area contributed by atoms with Gasteiger partial charge in [-0.1, -0.05) is 82.3 Å². The van der Waals surface area contributed by atoms with Crippen LogP contribution in [0.15, 0.2) is 88.9 Å². The summed E-state index contributed by atoms with van der Waals surface area (Å²) in [5.41, 5.74) is 10.8. The summed E-state index contributed by atoms with van der Waals surface area (Å²) in [6, 6.07) is 25.1. The van der Waals surface area contributed by atoms with Crippen molar-refractivity contribution in [1.29, 1.82) is 0 Å². The normalized spacial score (nSPS) is 13.3. The van der Waals surface area contributed by atoms with Gasteiger partial charge in [-0.25, -0.2) is 9.19 Å². The summed E-state index contributed by atoms with van der Waals surface area (Å²) >= 11 is 0. The second kappa shape index (κ2) is 16.4. The molecule has 1 atom stereocenters. The van der Waals surface area contributed by atoms with Gasteiger partial charge in [0.2, 0.25) is 0 Å². The highest BCUT2D eigenvalue weighted by molar-refractivity contribution is 7.85. The molecule has 0 spiro atoms. The van der Waals surface area contributed by atoms with Gasteiger partial charge in [0.25, 0.3) is 0 Å². The first-order chi connectivity index (χ1) is 25.6. The molecule has 0 unspecified atom stereocenters. The molecule has 0 radical (unpaired) electrons. The maximum atomic E-state index is 14.7. The maximum Gasteiger partial charge on any atom is 0.132 e. The van der Waals surface area contributed by atoms with Crippen molar-refractivity contribution in [3.8, 4) is 34.1 Å². The summed E-state index contributed by atoms with van der Waals surface area (Å²) in [5, 5.41) is 0.532. The van der Waals surface area contributed by atoms with E-state index in [1.807, 2.05) is 18.2 Å². The molecule has 270 valence electrons. The molecule has 0 N–H and O–H groups in total. The molecular formula is C45H49NO5S. The van der Waals surface area contributed by atoms with Crippen molar-refractivity contribution < 1.29 is 23.2 Å². The van der Waals surface area contributed by atoms with Crippen LogP contribution in [0.3, 0.4) is 0 Å². The van der Waals surface area contributed by atoms with Gasteiger partial charge in [-0.15, -0.1) is 0 Å². The Morgan fingerprint density at radius 2 is 1.04 bits per heavy atom. The Balaban J connectivity index is 1.54. The molecular weight excluding hydrogens is 667 g/mol. The minimum absolute atomic E-state index is 0.532. The van der Waals surface area contributed by atoms with Crippen LogP contribution in [0.2, 0.25) is 0 Å². The Bertz CT molecular complexity index is 2080. The third-order valence-corrected chi connectivity index (χ3v) is 11.1. The second-order valence-corrected chi connectivity index (χ2v) is 15.0. The molecule has 6 nitrogen and oxygen atoms in total. The van der Waals surface area contributed by atoms with Gasteiger partial charge in [0, 0.05) is 54.1 Å². The predicted molar refractivity (Wildman–Crippen MR) is 208 cm³/mol. The van der Waals surface area contributed by atoms with Gasteiger partial charge in [0.1, 0.15) is 38.8 Å². The number of nitrogens with zero attached hydrogens (tertiary/aromatic N) is 1. The number of aromatic nitrogens is 1. The predicted octanol–water partition coefficient (Wildman–Crippen LogP) is 10.1. The highest BCUT2D eigenvalue weighted by atomic mass is 32.2. The molecule has 7 rings (SSSR count). The number of rotatable bonds is 14. The van der Waals surface area contributed by atoms with Crippen molar-refractivity contribution in [2.75, 3.05) is 26.4 Å². The van der Waals surface area contributed by atoms with Crippen LogP contribution >= 0.6 is 0 Å². The molecule has 5 aromatic rings. The summed E-state index contributed by atoms with van der Waals surface area (Å²) in [6.45, 7) is 11.0.